The molecule has 42 heavy (non-hydrogen) atoms. The molecular formula is C27H34ClF2N9O3. The number of benzene rings is 1. The molecule has 15 heteroatoms. The van der Waals surface area contributed by atoms with Crippen LogP contribution in [0.3, 0.4) is 0 Å². The first kappa shape index (κ1) is 32.2. The lowest BCUT2D eigenvalue weighted by molar-refractivity contribution is -0.119. The van der Waals surface area contributed by atoms with Gasteiger partial charge in [0.15, 0.2) is 0 Å². The number of ether oxygens (including phenoxy) is 1. The Morgan fingerprint density at radius 3 is 2.67 bits per heavy atom. The molecule has 226 valence electrons. The van der Waals surface area contributed by atoms with Crippen LogP contribution in [0.4, 0.5) is 8.78 Å². The first-order valence-corrected chi connectivity index (χ1v) is 13.6. The Morgan fingerprint density at radius 1 is 1.31 bits per heavy atom. The molecule has 12 nitrogen and oxygen atoms in total. The van der Waals surface area contributed by atoms with E-state index in [1.54, 1.807) is 6.08 Å². The van der Waals surface area contributed by atoms with Gasteiger partial charge in [0.25, 0.3) is 5.91 Å². The maximum atomic E-state index is 13.3. The summed E-state index contributed by atoms with van der Waals surface area (Å²) in [5.41, 5.74) is 4.87. The van der Waals surface area contributed by atoms with Gasteiger partial charge in [-0.15, -0.1) is 0 Å². The summed E-state index contributed by atoms with van der Waals surface area (Å²) in [5.74, 6) is -1.76. The van der Waals surface area contributed by atoms with Gasteiger partial charge in [-0.2, -0.15) is 8.78 Å². The number of alkyl halides is 2. The van der Waals surface area contributed by atoms with E-state index in [2.05, 4.69) is 35.9 Å². The van der Waals surface area contributed by atoms with Crippen LogP contribution in [0.1, 0.15) is 31.7 Å². The van der Waals surface area contributed by atoms with Crippen LogP contribution in [0.15, 0.2) is 58.8 Å². The maximum absolute atomic E-state index is 13.3. The number of piperidine rings is 1. The quantitative estimate of drug-likeness (QED) is 0.0778. The number of nitrogens with two attached hydrogens (primary N) is 1. The third-order valence-electron chi connectivity index (χ3n) is 6.36. The fourth-order valence-electron chi connectivity index (χ4n) is 4.31. The van der Waals surface area contributed by atoms with Crippen molar-refractivity contribution in [3.8, 4) is 5.75 Å². The standard InChI is InChI=1S/C27H34ClF2N9O3/c1-16(40)34-10-3-11-39-12-6-18(7-13-39)37-15-20(23(31)19-14-17(28)4-5-21(19)42-27(29)30)38-26(41)22(24(32)33)25-35-8-2-9-36-25/h2,4-5,8-9,14-15,18,27,31,35,37H,3,6-7,10-13H2,1H3,(H3,32,33)(H,34,40)(H,38,41)/b20-15+,25-22-,31-23?. The molecule has 0 atom stereocenters. The van der Waals surface area contributed by atoms with Crippen molar-refractivity contribution in [2.24, 2.45) is 10.7 Å². The number of halogens is 3. The number of carbonyl (C=O) groups excluding carboxylic acids is 2. The lowest BCUT2D eigenvalue weighted by atomic mass is 10.0. The second-order valence-corrected chi connectivity index (χ2v) is 9.88. The van der Waals surface area contributed by atoms with E-state index in [0.717, 1.165) is 38.9 Å². The molecule has 8 N–H and O–H groups in total. The minimum atomic E-state index is -3.15. The molecule has 0 saturated carbocycles. The molecule has 0 aliphatic carbocycles. The molecule has 0 radical (unpaired) electrons. The summed E-state index contributed by atoms with van der Waals surface area (Å²) in [6, 6.07) is 3.83. The van der Waals surface area contributed by atoms with Gasteiger partial charge in [-0.1, -0.05) is 11.6 Å². The van der Waals surface area contributed by atoms with Gasteiger partial charge in [0.2, 0.25) is 5.91 Å². The predicted octanol–water partition coefficient (Wildman–Crippen LogP) is 2.18. The molecule has 2 heterocycles. The number of allylic oxidation sites excluding steroid dienone is 2. The van der Waals surface area contributed by atoms with Crippen molar-refractivity contribution in [3.05, 3.63) is 64.4 Å². The van der Waals surface area contributed by atoms with E-state index < -0.39 is 18.4 Å². The topological polar surface area (TPSA) is 181 Å². The van der Waals surface area contributed by atoms with E-state index >= 15 is 0 Å². The van der Waals surface area contributed by atoms with Gasteiger partial charge in [-0.3, -0.25) is 20.4 Å². The summed E-state index contributed by atoms with van der Waals surface area (Å²) < 4.78 is 30.8. The number of amides is 2. The fraction of sp³-hybridized carbons (Fsp3) is 0.370. The van der Waals surface area contributed by atoms with Gasteiger partial charge < -0.3 is 36.6 Å². The van der Waals surface area contributed by atoms with Crippen molar-refractivity contribution in [2.75, 3.05) is 26.2 Å². The molecule has 0 spiro atoms. The van der Waals surface area contributed by atoms with Crippen molar-refractivity contribution in [2.45, 2.75) is 38.8 Å². The van der Waals surface area contributed by atoms with Gasteiger partial charge in [0.05, 0.1) is 11.4 Å². The monoisotopic (exact) mass is 605 g/mol. The summed E-state index contributed by atoms with van der Waals surface area (Å²) in [7, 11) is 0. The minimum absolute atomic E-state index is 0.00665. The lowest BCUT2D eigenvalue weighted by Gasteiger charge is -2.32. The number of amidine groups is 1. The Bertz CT molecular complexity index is 1310. The number of carbonyl (C=O) groups is 2. The van der Waals surface area contributed by atoms with Crippen LogP contribution >= 0.6 is 11.6 Å². The number of hydrogen-bond acceptors (Lipinski definition) is 9. The number of rotatable bonds is 13. The van der Waals surface area contributed by atoms with Crippen LogP contribution in [0, 0.1) is 10.8 Å². The Hall–Kier alpha value is -4.30. The molecule has 1 aromatic carbocycles. The van der Waals surface area contributed by atoms with Gasteiger partial charge >= 0.3 is 6.61 Å². The molecular weight excluding hydrogens is 572 g/mol. The molecule has 3 rings (SSSR count). The average molecular weight is 606 g/mol. The zero-order valence-corrected chi connectivity index (χ0v) is 23.7. The maximum Gasteiger partial charge on any atom is 0.387 e. The van der Waals surface area contributed by atoms with E-state index in [9.17, 15) is 18.4 Å². The zero-order chi connectivity index (χ0) is 30.6. The highest BCUT2D eigenvalue weighted by atomic mass is 35.5. The molecule has 1 aromatic rings. The smallest absolute Gasteiger partial charge is 0.387 e. The van der Waals surface area contributed by atoms with Crippen molar-refractivity contribution >= 4 is 41.2 Å². The van der Waals surface area contributed by atoms with Crippen LogP contribution in [0.2, 0.25) is 5.02 Å². The zero-order valence-electron chi connectivity index (χ0n) is 23.0. The Kier molecular flexibility index (Phi) is 12.0. The molecule has 2 aliphatic rings. The predicted molar refractivity (Wildman–Crippen MR) is 157 cm³/mol. The number of hydrogen-bond donors (Lipinski definition) is 7. The SMILES string of the molecule is CC(=O)NCCCN1CCC(N/C=C(/NC(=O)/C(C(=N)N)=C2\N=CC=CN2)C(=N)c2cc(Cl)ccc2OC(F)F)CC1. The second-order valence-electron chi connectivity index (χ2n) is 9.44. The number of nitrogens with zero attached hydrogens (tertiary/aromatic N) is 2. The van der Waals surface area contributed by atoms with Crippen molar-refractivity contribution in [3.63, 3.8) is 0 Å². The largest absolute Gasteiger partial charge is 0.434 e. The second kappa shape index (κ2) is 15.6. The molecule has 2 aliphatic heterocycles. The highest BCUT2D eigenvalue weighted by molar-refractivity contribution is 6.31. The lowest BCUT2D eigenvalue weighted by Crippen LogP contribution is -2.42. The highest BCUT2D eigenvalue weighted by Gasteiger charge is 2.25. The van der Waals surface area contributed by atoms with Crippen molar-refractivity contribution in [1.82, 2.24) is 26.2 Å². The number of nitrogens with one attached hydrogen (secondary N) is 6. The van der Waals surface area contributed by atoms with Gasteiger partial charge in [0, 0.05) is 61.8 Å². The summed E-state index contributed by atoms with van der Waals surface area (Å²) in [4.78, 5) is 30.7. The summed E-state index contributed by atoms with van der Waals surface area (Å²) in [5, 5.41) is 28.2. The van der Waals surface area contributed by atoms with Gasteiger partial charge in [-0.05, 0) is 50.1 Å². The molecule has 0 aromatic heterocycles. The molecule has 0 unspecified atom stereocenters. The molecule has 1 saturated heterocycles. The van der Waals surface area contributed by atoms with Gasteiger partial charge in [-0.25, -0.2) is 4.99 Å². The fourth-order valence-corrected chi connectivity index (χ4v) is 4.48. The van der Waals surface area contributed by atoms with Crippen molar-refractivity contribution in [1.29, 1.82) is 10.8 Å². The van der Waals surface area contributed by atoms with Crippen LogP contribution < -0.4 is 31.7 Å². The van der Waals surface area contributed by atoms with E-state index in [-0.39, 0.29) is 51.1 Å². The van der Waals surface area contributed by atoms with Crippen LogP contribution in [0.25, 0.3) is 0 Å². The number of likely N-dealkylation sites (tertiary alicyclic amines) is 1. The van der Waals surface area contributed by atoms with E-state index in [1.165, 1.54) is 43.7 Å². The average Bonchev–Trinajstić information content (AvgIpc) is 2.94. The Labute approximate surface area is 247 Å². The summed E-state index contributed by atoms with van der Waals surface area (Å²) >= 11 is 6.10. The third kappa shape index (κ3) is 9.66. The first-order chi connectivity index (χ1) is 20.0. The van der Waals surface area contributed by atoms with Crippen LogP contribution in [-0.4, -0.2) is 73.3 Å². The number of aliphatic imine (C=N–C) groups is 1. The van der Waals surface area contributed by atoms with Gasteiger partial charge in [0.1, 0.15) is 23.0 Å². The highest BCUT2D eigenvalue weighted by Crippen LogP contribution is 2.27. The third-order valence-corrected chi connectivity index (χ3v) is 6.59. The summed E-state index contributed by atoms with van der Waals surface area (Å²) in [6.45, 7) is 1.36. The van der Waals surface area contributed by atoms with Crippen molar-refractivity contribution < 1.29 is 23.1 Å². The van der Waals surface area contributed by atoms with Crippen LogP contribution in [0.5, 0.6) is 5.75 Å². The molecule has 2 amide bonds. The van der Waals surface area contributed by atoms with E-state index in [1.807, 2.05) is 0 Å². The Balaban J connectivity index is 1.82. The first-order valence-electron chi connectivity index (χ1n) is 13.2. The Morgan fingerprint density at radius 2 is 2.05 bits per heavy atom. The molecule has 1 fully saturated rings. The van der Waals surface area contributed by atoms with Crippen LogP contribution in [-0.2, 0) is 9.59 Å². The van der Waals surface area contributed by atoms with E-state index in [4.69, 9.17) is 28.2 Å². The molecule has 0 bridgehead atoms. The van der Waals surface area contributed by atoms with E-state index in [0.29, 0.717) is 6.54 Å². The summed E-state index contributed by atoms with van der Waals surface area (Å²) in [6.07, 6.45) is 8.27. The normalized spacial score (nSPS) is 16.9. The minimum Gasteiger partial charge on any atom is -0.434 e.